The number of thiazole rings is 1. The van der Waals surface area contributed by atoms with Gasteiger partial charge in [0.2, 0.25) is 5.91 Å². The summed E-state index contributed by atoms with van der Waals surface area (Å²) in [7, 11) is 3.31. The predicted molar refractivity (Wildman–Crippen MR) is 238 cm³/mol. The average molecular weight is 871 g/mol. The number of pyridine rings is 1. The lowest BCUT2D eigenvalue weighted by molar-refractivity contribution is -0.147. The number of aldehydes is 1. The lowest BCUT2D eigenvalue weighted by Gasteiger charge is -2.42. The van der Waals surface area contributed by atoms with E-state index in [4.69, 9.17) is 24.2 Å². The third kappa shape index (κ3) is 9.30. The summed E-state index contributed by atoms with van der Waals surface area (Å²) in [6.45, 7) is 14.9. The summed E-state index contributed by atoms with van der Waals surface area (Å²) in [4.78, 5) is 68.5. The molecule has 4 atom stereocenters. The molecule has 4 aromatic rings. The summed E-state index contributed by atoms with van der Waals surface area (Å²) >= 11 is 1.42. The van der Waals surface area contributed by atoms with Crippen LogP contribution in [0, 0.1) is 11.3 Å². The van der Waals surface area contributed by atoms with Gasteiger partial charge in [-0.2, -0.15) is 0 Å². The number of likely N-dealkylation sites (N-methyl/N-ethyl adjacent to an activating group) is 1. The molecule has 3 aliphatic rings. The molecule has 2 saturated heterocycles. The predicted octanol–water partition coefficient (Wildman–Crippen LogP) is 6.00. The second-order valence-electron chi connectivity index (χ2n) is 18.1. The minimum atomic E-state index is -1.17. The molecule has 6 bridgehead atoms. The number of fused-ring (bicyclic) bond motifs is 6. The maximum absolute atomic E-state index is 14.7. The average Bonchev–Trinajstić information content (AvgIpc) is 3.86. The molecule has 1 aromatic carbocycles. The van der Waals surface area contributed by atoms with Gasteiger partial charge in [-0.3, -0.25) is 19.6 Å². The number of benzene rings is 1. The topological polar surface area (TPSA) is 160 Å². The Balaban J connectivity index is 1.31. The number of rotatable bonds is 9. The molecule has 4 amide bonds. The summed E-state index contributed by atoms with van der Waals surface area (Å²) in [5.41, 5.74) is 8.54. The second kappa shape index (κ2) is 18.9. The van der Waals surface area contributed by atoms with Gasteiger partial charge in [-0.25, -0.2) is 15.2 Å². The Morgan fingerprint density at radius 1 is 1.15 bits per heavy atom. The quantitative estimate of drug-likeness (QED) is 0.191. The molecular formula is C46H62N8O7S. The number of carbonyl (C=O) groups excluding carboxylic acids is 4. The highest BCUT2D eigenvalue weighted by Crippen LogP contribution is 2.42. The van der Waals surface area contributed by atoms with E-state index in [1.807, 2.05) is 32.2 Å². The molecule has 3 aliphatic heterocycles. The van der Waals surface area contributed by atoms with Crippen LogP contribution in [-0.2, 0) is 48.0 Å². The van der Waals surface area contributed by atoms with E-state index in [9.17, 15) is 19.2 Å². The number of aryl methyl sites for hydroxylation is 1. The van der Waals surface area contributed by atoms with Crippen LogP contribution < -0.4 is 10.7 Å². The normalized spacial score (nSPS) is 22.0. The number of hydrogen-bond donors (Lipinski definition) is 2. The number of urea groups is 1. The van der Waals surface area contributed by atoms with Crippen LogP contribution in [-0.4, -0.2) is 125 Å². The van der Waals surface area contributed by atoms with Gasteiger partial charge in [-0.15, -0.1) is 11.3 Å². The van der Waals surface area contributed by atoms with Crippen molar-refractivity contribution in [3.63, 3.8) is 0 Å². The van der Waals surface area contributed by atoms with Crippen molar-refractivity contribution in [3.05, 3.63) is 58.2 Å². The maximum Gasteiger partial charge on any atom is 0.322 e. The first kappa shape index (κ1) is 45.3. The van der Waals surface area contributed by atoms with Gasteiger partial charge >= 0.3 is 6.03 Å². The molecule has 16 heteroatoms. The molecule has 0 radical (unpaired) electrons. The molecule has 7 rings (SSSR count). The van der Waals surface area contributed by atoms with Gasteiger partial charge in [0.25, 0.3) is 5.91 Å². The third-order valence-electron chi connectivity index (χ3n) is 12.4. The molecule has 15 nitrogen and oxygen atoms in total. The van der Waals surface area contributed by atoms with Gasteiger partial charge < -0.3 is 38.7 Å². The van der Waals surface area contributed by atoms with Crippen LogP contribution in [0.5, 0.6) is 0 Å². The van der Waals surface area contributed by atoms with E-state index in [-0.39, 0.29) is 37.8 Å². The number of hydrazine groups is 1. The van der Waals surface area contributed by atoms with E-state index in [1.54, 1.807) is 25.3 Å². The van der Waals surface area contributed by atoms with Gasteiger partial charge in [0.15, 0.2) is 0 Å². The molecule has 3 aromatic heterocycles. The number of hydrogen-bond acceptors (Lipinski definition) is 11. The first-order valence-corrected chi connectivity index (χ1v) is 22.7. The van der Waals surface area contributed by atoms with E-state index in [0.717, 1.165) is 57.5 Å². The summed E-state index contributed by atoms with van der Waals surface area (Å²) in [5.74, 6) is -1.13. The zero-order valence-corrected chi connectivity index (χ0v) is 38.2. The minimum absolute atomic E-state index is 0.0466. The second-order valence-corrected chi connectivity index (χ2v) is 19.0. The summed E-state index contributed by atoms with van der Waals surface area (Å²) < 4.78 is 20.2. The summed E-state index contributed by atoms with van der Waals surface area (Å²) in [6.07, 6.45) is 4.88. The fourth-order valence-corrected chi connectivity index (χ4v) is 10.0. The number of amides is 4. The van der Waals surface area contributed by atoms with Gasteiger partial charge in [-0.05, 0) is 80.7 Å². The third-order valence-corrected chi connectivity index (χ3v) is 13.2. The lowest BCUT2D eigenvalue weighted by atomic mass is 9.84. The Morgan fingerprint density at radius 2 is 1.95 bits per heavy atom. The Bertz CT molecular complexity index is 2270. The molecule has 334 valence electrons. The monoisotopic (exact) mass is 870 g/mol. The fourth-order valence-electron chi connectivity index (χ4n) is 9.19. The number of methoxy groups -OCH3 is 1. The molecule has 1 unspecified atom stereocenters. The molecule has 2 N–H and O–H groups in total. The molecule has 6 heterocycles. The standard InChI is InChI=1S/C46H62N8O7S/c1-9-53-37-15-14-31-21-33(37)34(41(53)32-13-10-17-47-39(32)30(4)59-8)23-45(5,6)26-61-27-46(25-55)16-11-19-54(50-46)43(57)35(22-38-48-36(31)24-62-38)49-42(56)40(29(2)3)51(7)44(58)52-18-12-20-60-28-52/h10,13-15,17,21,24-25,29-30,35,40,50H,9,11-12,16,18-20,22-23,26-28H2,1-8H3,(H,49,56)/t30-,35-,40-,46?/m0/s1. The van der Waals surface area contributed by atoms with Gasteiger partial charge in [0, 0.05) is 73.8 Å². The van der Waals surface area contributed by atoms with Crippen LogP contribution in [0.15, 0.2) is 41.9 Å². The van der Waals surface area contributed by atoms with E-state index < -0.39 is 34.9 Å². The number of nitrogens with one attached hydrogen (secondary N) is 2. The van der Waals surface area contributed by atoms with Gasteiger partial charge in [0.05, 0.1) is 48.0 Å². The van der Waals surface area contributed by atoms with Crippen LogP contribution in [0.4, 0.5) is 4.79 Å². The van der Waals surface area contributed by atoms with E-state index >= 15 is 0 Å². The zero-order valence-electron chi connectivity index (χ0n) is 37.4. The molecule has 2 fully saturated rings. The number of aromatic nitrogens is 3. The molecular weight excluding hydrogens is 809 g/mol. The van der Waals surface area contributed by atoms with E-state index in [2.05, 4.69) is 60.3 Å². The fraction of sp³-hybridized carbons (Fsp3) is 0.565. The summed E-state index contributed by atoms with van der Waals surface area (Å²) in [5, 5.41) is 8.22. The summed E-state index contributed by atoms with van der Waals surface area (Å²) in [6, 6.07) is 8.27. The van der Waals surface area contributed by atoms with Crippen molar-refractivity contribution >= 4 is 46.4 Å². The van der Waals surface area contributed by atoms with Gasteiger partial charge in [0.1, 0.15) is 30.6 Å². The van der Waals surface area contributed by atoms with Crippen molar-refractivity contribution in [1.82, 2.24) is 40.1 Å². The zero-order chi connectivity index (χ0) is 44.3. The first-order valence-electron chi connectivity index (χ1n) is 21.8. The Morgan fingerprint density at radius 3 is 2.66 bits per heavy atom. The highest BCUT2D eigenvalue weighted by molar-refractivity contribution is 7.10. The highest BCUT2D eigenvalue weighted by Gasteiger charge is 2.42. The van der Waals surface area contributed by atoms with Crippen LogP contribution in [0.25, 0.3) is 33.4 Å². The SMILES string of the molecule is CCn1c(-c2cccnc2[C@H](C)OC)c2c3cc(ccc31)-c1csc(n1)C[C@H](NC(=O)[C@H](C(C)C)N(C)C(=O)N1CCCOC1)C(=O)N1CCCC(C=O)(COCC(C)(C)C2)N1. The van der Waals surface area contributed by atoms with E-state index in [0.29, 0.717) is 57.0 Å². The van der Waals surface area contributed by atoms with Crippen LogP contribution in [0.3, 0.4) is 0 Å². The molecule has 0 spiro atoms. The Kier molecular flexibility index (Phi) is 13.8. The Labute approximate surface area is 368 Å². The number of carbonyl (C=O) groups is 4. The van der Waals surface area contributed by atoms with Gasteiger partial charge in [-0.1, -0.05) is 33.8 Å². The minimum Gasteiger partial charge on any atom is -0.378 e. The largest absolute Gasteiger partial charge is 0.378 e. The van der Waals surface area contributed by atoms with Crippen molar-refractivity contribution in [2.24, 2.45) is 11.3 Å². The lowest BCUT2D eigenvalue weighted by Crippen LogP contribution is -2.66. The first-order chi connectivity index (χ1) is 29.7. The Hall–Kier alpha value is -4.74. The number of ether oxygens (including phenoxy) is 3. The molecule has 0 saturated carbocycles. The molecule has 0 aliphatic carbocycles. The smallest absolute Gasteiger partial charge is 0.322 e. The van der Waals surface area contributed by atoms with Crippen LogP contribution >= 0.6 is 11.3 Å². The van der Waals surface area contributed by atoms with Crippen molar-refractivity contribution in [2.75, 3.05) is 53.8 Å². The van der Waals surface area contributed by atoms with Crippen molar-refractivity contribution in [1.29, 1.82) is 0 Å². The van der Waals surface area contributed by atoms with Crippen LogP contribution in [0.2, 0.25) is 0 Å². The van der Waals surface area contributed by atoms with Crippen molar-refractivity contribution < 1.29 is 33.4 Å². The van der Waals surface area contributed by atoms with Crippen molar-refractivity contribution in [2.45, 2.75) is 104 Å². The molecule has 62 heavy (non-hydrogen) atoms. The van der Waals surface area contributed by atoms with Crippen molar-refractivity contribution in [3.8, 4) is 22.5 Å². The number of nitrogens with zero attached hydrogens (tertiary/aromatic N) is 6. The van der Waals surface area contributed by atoms with E-state index in [1.165, 1.54) is 21.2 Å². The highest BCUT2D eigenvalue weighted by atomic mass is 32.1. The van der Waals surface area contributed by atoms with Crippen LogP contribution in [0.1, 0.15) is 83.2 Å². The maximum atomic E-state index is 14.7.